The van der Waals surface area contributed by atoms with Crippen molar-refractivity contribution in [3.8, 4) is 0 Å². The first kappa shape index (κ1) is 16.9. The third kappa shape index (κ3) is 4.43. The van der Waals surface area contributed by atoms with E-state index in [1.165, 1.54) is 5.56 Å². The van der Waals surface area contributed by atoms with Crippen LogP contribution in [-0.2, 0) is 17.8 Å². The van der Waals surface area contributed by atoms with Crippen molar-refractivity contribution < 1.29 is 4.79 Å². The van der Waals surface area contributed by atoms with E-state index < -0.39 is 0 Å². The van der Waals surface area contributed by atoms with Gasteiger partial charge in [-0.1, -0.05) is 38.1 Å². The highest BCUT2D eigenvalue weighted by Gasteiger charge is 2.26. The number of carbonyl (C=O) groups is 1. The van der Waals surface area contributed by atoms with Gasteiger partial charge in [0.2, 0.25) is 0 Å². The molecule has 0 unspecified atom stereocenters. The van der Waals surface area contributed by atoms with Crippen LogP contribution in [-0.4, -0.2) is 29.8 Å². The molecule has 3 heteroatoms. The largest absolute Gasteiger partial charge is 0.326 e. The monoisotopic (exact) mass is 276 g/mol. The summed E-state index contributed by atoms with van der Waals surface area (Å²) in [6.45, 7) is 8.75. The van der Waals surface area contributed by atoms with Gasteiger partial charge in [0, 0.05) is 18.5 Å². The van der Waals surface area contributed by atoms with Crippen LogP contribution in [0, 0.1) is 5.92 Å². The number of nitrogens with zero attached hydrogens (tertiary/aromatic N) is 1. The third-order valence-corrected chi connectivity index (χ3v) is 3.89. The summed E-state index contributed by atoms with van der Waals surface area (Å²) < 4.78 is 0. The predicted octanol–water partition coefficient (Wildman–Crippen LogP) is 2.62. The Morgan fingerprint density at radius 2 is 1.60 bits per heavy atom. The van der Waals surface area contributed by atoms with Crippen LogP contribution < -0.4 is 5.73 Å². The molecule has 0 bridgehead atoms. The summed E-state index contributed by atoms with van der Waals surface area (Å²) in [7, 11) is 2.03. The summed E-state index contributed by atoms with van der Waals surface area (Å²) >= 11 is 0. The van der Waals surface area contributed by atoms with Gasteiger partial charge in [0.1, 0.15) is 0 Å². The molecule has 1 rings (SSSR count). The zero-order chi connectivity index (χ0) is 15.3. The molecule has 0 aliphatic rings. The molecule has 112 valence electrons. The minimum Gasteiger partial charge on any atom is -0.326 e. The molecule has 0 aliphatic carbocycles. The summed E-state index contributed by atoms with van der Waals surface area (Å²) in [6, 6.07) is 8.54. The first-order chi connectivity index (χ1) is 9.36. The number of hydrogen-bond donors (Lipinski definition) is 1. The molecule has 0 radical (unpaired) electrons. The maximum Gasteiger partial charge on any atom is 0.152 e. The zero-order valence-electron chi connectivity index (χ0n) is 13.4. The van der Waals surface area contributed by atoms with Gasteiger partial charge < -0.3 is 5.73 Å². The van der Waals surface area contributed by atoms with Gasteiger partial charge >= 0.3 is 0 Å². The number of rotatable bonds is 7. The molecular weight excluding hydrogens is 248 g/mol. The van der Waals surface area contributed by atoms with E-state index >= 15 is 0 Å². The van der Waals surface area contributed by atoms with E-state index in [0.29, 0.717) is 18.4 Å². The SMILES string of the molecule is CC(C)C(=O)[C@H](Cc1ccc(CN)cc1)N(C)C(C)C. The van der Waals surface area contributed by atoms with E-state index in [4.69, 9.17) is 5.73 Å². The molecule has 0 aromatic heterocycles. The van der Waals surface area contributed by atoms with Crippen molar-refractivity contribution in [1.29, 1.82) is 0 Å². The lowest BCUT2D eigenvalue weighted by atomic mass is 9.93. The maximum atomic E-state index is 12.5. The Balaban J connectivity index is 2.90. The van der Waals surface area contributed by atoms with Crippen LogP contribution in [0.3, 0.4) is 0 Å². The molecule has 0 spiro atoms. The zero-order valence-corrected chi connectivity index (χ0v) is 13.4. The predicted molar refractivity (Wildman–Crippen MR) is 84.6 cm³/mol. The van der Waals surface area contributed by atoms with E-state index in [9.17, 15) is 4.79 Å². The molecule has 2 N–H and O–H groups in total. The number of carbonyl (C=O) groups excluding carboxylic acids is 1. The number of benzene rings is 1. The summed E-state index contributed by atoms with van der Waals surface area (Å²) in [4.78, 5) is 14.6. The highest BCUT2D eigenvalue weighted by molar-refractivity contribution is 5.86. The van der Waals surface area contributed by atoms with Crippen molar-refractivity contribution in [3.05, 3.63) is 35.4 Å². The van der Waals surface area contributed by atoms with Crippen LogP contribution in [0.15, 0.2) is 24.3 Å². The summed E-state index contributed by atoms with van der Waals surface area (Å²) in [5.74, 6) is 0.369. The topological polar surface area (TPSA) is 46.3 Å². The van der Waals surface area contributed by atoms with Crippen LogP contribution in [0.5, 0.6) is 0 Å². The molecule has 0 amide bonds. The number of ketones is 1. The Labute approximate surface area is 123 Å². The molecule has 0 saturated carbocycles. The fourth-order valence-corrected chi connectivity index (χ4v) is 2.22. The van der Waals surface area contributed by atoms with Gasteiger partial charge in [0.15, 0.2) is 5.78 Å². The van der Waals surface area contributed by atoms with E-state index in [-0.39, 0.29) is 12.0 Å². The smallest absolute Gasteiger partial charge is 0.152 e. The van der Waals surface area contributed by atoms with Crippen LogP contribution >= 0.6 is 0 Å². The van der Waals surface area contributed by atoms with Crippen molar-refractivity contribution in [2.45, 2.75) is 52.7 Å². The van der Waals surface area contributed by atoms with Crippen molar-refractivity contribution in [1.82, 2.24) is 4.90 Å². The average molecular weight is 276 g/mol. The fraction of sp³-hybridized carbons (Fsp3) is 0.588. The Hall–Kier alpha value is -1.19. The molecule has 0 saturated heterocycles. The molecule has 0 aliphatic heterocycles. The van der Waals surface area contributed by atoms with Crippen molar-refractivity contribution in [2.24, 2.45) is 11.7 Å². The lowest BCUT2D eigenvalue weighted by molar-refractivity contribution is -0.127. The second kappa shape index (κ2) is 7.55. The van der Waals surface area contributed by atoms with Crippen molar-refractivity contribution in [3.63, 3.8) is 0 Å². The van der Waals surface area contributed by atoms with E-state index in [1.54, 1.807) is 0 Å². The number of likely N-dealkylation sites (N-methyl/N-ethyl adjacent to an activating group) is 1. The Morgan fingerprint density at radius 3 is 2.00 bits per heavy atom. The number of nitrogens with two attached hydrogens (primary N) is 1. The third-order valence-electron chi connectivity index (χ3n) is 3.89. The standard InChI is InChI=1S/C17H28N2O/c1-12(2)17(20)16(19(5)13(3)4)10-14-6-8-15(11-18)9-7-14/h6-9,12-13,16H,10-11,18H2,1-5H3/t16-/m0/s1. The Kier molecular flexibility index (Phi) is 6.37. The second-order valence-corrected chi connectivity index (χ2v) is 6.06. The molecule has 0 heterocycles. The quantitative estimate of drug-likeness (QED) is 0.832. The number of hydrogen-bond acceptors (Lipinski definition) is 3. The molecular formula is C17H28N2O. The first-order valence-corrected chi connectivity index (χ1v) is 7.40. The molecule has 3 nitrogen and oxygen atoms in total. The van der Waals surface area contributed by atoms with Crippen LogP contribution in [0.2, 0.25) is 0 Å². The van der Waals surface area contributed by atoms with Gasteiger partial charge in [-0.2, -0.15) is 0 Å². The lowest BCUT2D eigenvalue weighted by Gasteiger charge is -2.31. The van der Waals surface area contributed by atoms with E-state index in [2.05, 4.69) is 30.9 Å². The Bertz CT molecular complexity index is 423. The Morgan fingerprint density at radius 1 is 1.10 bits per heavy atom. The first-order valence-electron chi connectivity index (χ1n) is 7.40. The molecule has 1 aromatic rings. The molecule has 1 aromatic carbocycles. The van der Waals surface area contributed by atoms with Gasteiger partial charge in [-0.15, -0.1) is 0 Å². The molecule has 1 atom stereocenters. The summed E-state index contributed by atoms with van der Waals surface area (Å²) in [5, 5.41) is 0. The molecule has 20 heavy (non-hydrogen) atoms. The average Bonchev–Trinajstić information content (AvgIpc) is 2.43. The van der Waals surface area contributed by atoms with Crippen LogP contribution in [0.4, 0.5) is 0 Å². The molecule has 0 fully saturated rings. The van der Waals surface area contributed by atoms with Gasteiger partial charge in [-0.25, -0.2) is 0 Å². The lowest BCUT2D eigenvalue weighted by Crippen LogP contribution is -2.45. The highest BCUT2D eigenvalue weighted by atomic mass is 16.1. The van der Waals surface area contributed by atoms with Crippen LogP contribution in [0.1, 0.15) is 38.8 Å². The van der Waals surface area contributed by atoms with Crippen molar-refractivity contribution in [2.75, 3.05) is 7.05 Å². The van der Waals surface area contributed by atoms with E-state index in [1.807, 2.05) is 33.0 Å². The fourth-order valence-electron chi connectivity index (χ4n) is 2.22. The second-order valence-electron chi connectivity index (χ2n) is 6.06. The van der Waals surface area contributed by atoms with Crippen molar-refractivity contribution >= 4 is 5.78 Å². The van der Waals surface area contributed by atoms with Gasteiger partial charge in [0.25, 0.3) is 0 Å². The van der Waals surface area contributed by atoms with Gasteiger partial charge in [-0.3, -0.25) is 9.69 Å². The summed E-state index contributed by atoms with van der Waals surface area (Å²) in [6.07, 6.45) is 0.760. The minimum absolute atomic E-state index is 0.0567. The minimum atomic E-state index is -0.0567. The highest BCUT2D eigenvalue weighted by Crippen LogP contribution is 2.15. The number of Topliss-reactive ketones (excluding diaryl/α,β-unsaturated/α-hetero) is 1. The van der Waals surface area contributed by atoms with Crippen LogP contribution in [0.25, 0.3) is 0 Å². The normalized spacial score (nSPS) is 13.2. The maximum absolute atomic E-state index is 12.5. The van der Waals surface area contributed by atoms with Gasteiger partial charge in [0.05, 0.1) is 6.04 Å². The van der Waals surface area contributed by atoms with E-state index in [0.717, 1.165) is 12.0 Å². The van der Waals surface area contributed by atoms with Gasteiger partial charge in [-0.05, 0) is 38.4 Å². The summed E-state index contributed by atoms with van der Waals surface area (Å²) in [5.41, 5.74) is 7.93.